The molecule has 100 valence electrons. The predicted molar refractivity (Wildman–Crippen MR) is 77.7 cm³/mol. The molecule has 0 spiro atoms. The van der Waals surface area contributed by atoms with E-state index in [1.807, 2.05) is 36.4 Å². The number of halogens is 1. The second-order valence-electron chi connectivity index (χ2n) is 4.43. The van der Waals surface area contributed by atoms with Gasteiger partial charge in [0.25, 0.3) is 0 Å². The van der Waals surface area contributed by atoms with Crippen LogP contribution in [0.5, 0.6) is 0 Å². The van der Waals surface area contributed by atoms with Crippen molar-refractivity contribution in [3.05, 3.63) is 83.5 Å². The average molecular weight is 285 g/mol. The molecule has 3 aromatic rings. The van der Waals surface area contributed by atoms with Gasteiger partial charge < -0.3 is 4.52 Å². The molecule has 0 radical (unpaired) electrons. The Labute approximate surface area is 122 Å². The Balaban J connectivity index is 2.09. The van der Waals surface area contributed by atoms with Crippen LogP contribution in [0.1, 0.15) is 28.8 Å². The van der Waals surface area contributed by atoms with Crippen molar-refractivity contribution in [3.8, 4) is 0 Å². The SMILES string of the molecule is ClCc1nc(C(c2ccccc2)c2ccccc2)no1. The molecule has 0 aliphatic heterocycles. The number of rotatable bonds is 4. The van der Waals surface area contributed by atoms with Gasteiger partial charge in [0.15, 0.2) is 5.82 Å². The van der Waals surface area contributed by atoms with Crippen molar-refractivity contribution in [3.63, 3.8) is 0 Å². The van der Waals surface area contributed by atoms with Crippen LogP contribution < -0.4 is 0 Å². The van der Waals surface area contributed by atoms with E-state index < -0.39 is 0 Å². The lowest BCUT2D eigenvalue weighted by Gasteiger charge is -2.13. The van der Waals surface area contributed by atoms with Crippen molar-refractivity contribution >= 4 is 11.6 Å². The minimum absolute atomic E-state index is 0.0434. The van der Waals surface area contributed by atoms with E-state index in [9.17, 15) is 0 Å². The molecule has 0 bridgehead atoms. The van der Waals surface area contributed by atoms with Crippen molar-refractivity contribution < 1.29 is 4.52 Å². The summed E-state index contributed by atoms with van der Waals surface area (Å²) in [6, 6.07) is 20.3. The van der Waals surface area contributed by atoms with E-state index in [2.05, 4.69) is 34.4 Å². The van der Waals surface area contributed by atoms with Crippen LogP contribution >= 0.6 is 11.6 Å². The molecule has 0 N–H and O–H groups in total. The van der Waals surface area contributed by atoms with Gasteiger partial charge in [0.05, 0.1) is 5.92 Å². The molecule has 4 heteroatoms. The first-order chi connectivity index (χ1) is 9.88. The van der Waals surface area contributed by atoms with Gasteiger partial charge in [-0.3, -0.25) is 0 Å². The van der Waals surface area contributed by atoms with Crippen molar-refractivity contribution in [1.29, 1.82) is 0 Å². The Kier molecular flexibility index (Phi) is 3.79. The summed E-state index contributed by atoms with van der Waals surface area (Å²) in [5.74, 6) is 1.26. The van der Waals surface area contributed by atoms with Crippen molar-refractivity contribution in [2.45, 2.75) is 11.8 Å². The molecule has 0 saturated heterocycles. The van der Waals surface area contributed by atoms with E-state index in [4.69, 9.17) is 16.1 Å². The lowest BCUT2D eigenvalue weighted by Crippen LogP contribution is -2.05. The monoisotopic (exact) mass is 284 g/mol. The molecule has 0 atom stereocenters. The fourth-order valence-electron chi connectivity index (χ4n) is 2.22. The lowest BCUT2D eigenvalue weighted by atomic mass is 9.91. The van der Waals surface area contributed by atoms with Crippen molar-refractivity contribution in [1.82, 2.24) is 10.1 Å². The largest absolute Gasteiger partial charge is 0.338 e. The van der Waals surface area contributed by atoms with Crippen LogP contribution in [0, 0.1) is 0 Å². The first-order valence-electron chi connectivity index (χ1n) is 6.37. The van der Waals surface area contributed by atoms with Gasteiger partial charge in [-0.15, -0.1) is 11.6 Å². The Morgan fingerprint density at radius 3 is 1.90 bits per heavy atom. The summed E-state index contributed by atoms with van der Waals surface area (Å²) in [4.78, 5) is 4.37. The minimum Gasteiger partial charge on any atom is -0.338 e. The predicted octanol–water partition coefficient (Wildman–Crippen LogP) is 3.99. The quantitative estimate of drug-likeness (QED) is 0.680. The van der Waals surface area contributed by atoms with Gasteiger partial charge in [0.1, 0.15) is 5.88 Å². The van der Waals surface area contributed by atoms with Crippen molar-refractivity contribution in [2.24, 2.45) is 0 Å². The highest BCUT2D eigenvalue weighted by Gasteiger charge is 2.21. The third-order valence-electron chi connectivity index (χ3n) is 3.12. The van der Waals surface area contributed by atoms with Gasteiger partial charge >= 0.3 is 0 Å². The Morgan fingerprint density at radius 2 is 1.45 bits per heavy atom. The summed E-state index contributed by atoms with van der Waals surface area (Å²) < 4.78 is 5.14. The van der Waals surface area contributed by atoms with Crippen LogP contribution in [0.2, 0.25) is 0 Å². The molecule has 20 heavy (non-hydrogen) atoms. The second-order valence-corrected chi connectivity index (χ2v) is 4.70. The van der Waals surface area contributed by atoms with Gasteiger partial charge in [-0.1, -0.05) is 65.8 Å². The Morgan fingerprint density at radius 1 is 0.900 bits per heavy atom. The molecule has 0 fully saturated rings. The molecule has 0 amide bonds. The van der Waals surface area contributed by atoms with Gasteiger partial charge in [0, 0.05) is 0 Å². The van der Waals surface area contributed by atoms with Crippen LogP contribution in [-0.4, -0.2) is 10.1 Å². The summed E-state index contributed by atoms with van der Waals surface area (Å²) in [5.41, 5.74) is 2.25. The number of benzene rings is 2. The first kappa shape index (κ1) is 12.9. The maximum Gasteiger partial charge on any atom is 0.241 e. The Hall–Kier alpha value is -2.13. The highest BCUT2D eigenvalue weighted by molar-refractivity contribution is 6.16. The Bertz CT molecular complexity index is 628. The zero-order valence-electron chi connectivity index (χ0n) is 10.7. The summed E-state index contributed by atoms with van der Waals surface area (Å²) in [7, 11) is 0. The molecule has 1 heterocycles. The number of alkyl halides is 1. The fraction of sp³-hybridized carbons (Fsp3) is 0.125. The molecular formula is C16H13ClN2O. The van der Waals surface area contributed by atoms with E-state index in [1.165, 1.54) is 0 Å². The first-order valence-corrected chi connectivity index (χ1v) is 6.90. The van der Waals surface area contributed by atoms with Crippen molar-refractivity contribution in [2.75, 3.05) is 0 Å². The van der Waals surface area contributed by atoms with E-state index in [0.717, 1.165) is 11.1 Å². The highest BCUT2D eigenvalue weighted by atomic mass is 35.5. The minimum atomic E-state index is -0.0434. The molecule has 3 rings (SSSR count). The topological polar surface area (TPSA) is 38.9 Å². The molecule has 0 aliphatic carbocycles. The summed E-state index contributed by atoms with van der Waals surface area (Å²) >= 11 is 5.74. The average Bonchev–Trinajstić information content (AvgIpc) is 2.98. The van der Waals surface area contributed by atoms with E-state index >= 15 is 0 Å². The van der Waals surface area contributed by atoms with Gasteiger partial charge in [0.2, 0.25) is 5.89 Å². The van der Waals surface area contributed by atoms with E-state index in [1.54, 1.807) is 0 Å². The maximum atomic E-state index is 5.74. The molecule has 2 aromatic carbocycles. The molecule has 0 unspecified atom stereocenters. The lowest BCUT2D eigenvalue weighted by molar-refractivity contribution is 0.383. The van der Waals surface area contributed by atoms with E-state index in [0.29, 0.717) is 11.7 Å². The number of nitrogens with zero attached hydrogens (tertiary/aromatic N) is 2. The highest BCUT2D eigenvalue weighted by Crippen LogP contribution is 2.29. The molecule has 3 nitrogen and oxygen atoms in total. The third kappa shape index (κ3) is 2.58. The fourth-order valence-corrected chi connectivity index (χ4v) is 2.33. The molecule has 0 saturated carbocycles. The number of hydrogen-bond donors (Lipinski definition) is 0. The third-order valence-corrected chi connectivity index (χ3v) is 3.35. The van der Waals surface area contributed by atoms with E-state index in [-0.39, 0.29) is 11.8 Å². The number of hydrogen-bond acceptors (Lipinski definition) is 3. The van der Waals surface area contributed by atoms with Gasteiger partial charge in [-0.05, 0) is 11.1 Å². The van der Waals surface area contributed by atoms with Crippen LogP contribution in [0.4, 0.5) is 0 Å². The summed E-state index contributed by atoms with van der Waals surface area (Å²) in [5, 5.41) is 4.07. The second kappa shape index (κ2) is 5.88. The summed E-state index contributed by atoms with van der Waals surface area (Å²) in [6.45, 7) is 0. The zero-order valence-corrected chi connectivity index (χ0v) is 11.5. The number of aromatic nitrogens is 2. The molecule has 1 aromatic heterocycles. The van der Waals surface area contributed by atoms with Crippen LogP contribution in [-0.2, 0) is 5.88 Å². The normalized spacial score (nSPS) is 10.9. The molecular weight excluding hydrogens is 272 g/mol. The van der Waals surface area contributed by atoms with Crippen LogP contribution in [0.15, 0.2) is 65.2 Å². The smallest absolute Gasteiger partial charge is 0.241 e. The zero-order chi connectivity index (χ0) is 13.8. The molecule has 0 aliphatic rings. The van der Waals surface area contributed by atoms with Gasteiger partial charge in [-0.25, -0.2) is 0 Å². The van der Waals surface area contributed by atoms with Gasteiger partial charge in [-0.2, -0.15) is 4.98 Å². The maximum absolute atomic E-state index is 5.74. The van der Waals surface area contributed by atoms with Crippen LogP contribution in [0.25, 0.3) is 0 Å². The standard InChI is InChI=1S/C16H13ClN2O/c17-11-14-18-16(19-20-14)15(12-7-3-1-4-8-12)13-9-5-2-6-10-13/h1-10,15H,11H2. The summed E-state index contributed by atoms with van der Waals surface area (Å²) in [6.07, 6.45) is 0. The van der Waals surface area contributed by atoms with Crippen LogP contribution in [0.3, 0.4) is 0 Å².